The van der Waals surface area contributed by atoms with E-state index >= 15 is 0 Å². The topological polar surface area (TPSA) is 138 Å². The number of carboxylic acid groups (broad SMARTS) is 1. The third-order valence-corrected chi connectivity index (χ3v) is 4.60. The number of aliphatic hydroxyl groups excluding tert-OH is 1. The Morgan fingerprint density at radius 3 is 2.61 bits per heavy atom. The zero-order valence-corrected chi connectivity index (χ0v) is 16.6. The molecule has 9 nitrogen and oxygen atoms in total. The van der Waals surface area contributed by atoms with Crippen molar-refractivity contribution in [3.05, 3.63) is 60.2 Å². The highest BCUT2D eigenvalue weighted by Crippen LogP contribution is 2.26. The minimum absolute atomic E-state index is 0.0677. The molecule has 166 valence electrons. The van der Waals surface area contributed by atoms with E-state index in [4.69, 9.17) is 14.6 Å². The molecule has 31 heavy (non-hydrogen) atoms. The molecule has 1 aliphatic rings. The largest absolute Gasteiger partial charge is 0.492 e. The number of halogens is 1. The van der Waals surface area contributed by atoms with Gasteiger partial charge in [0, 0.05) is 12.1 Å². The van der Waals surface area contributed by atoms with Crippen molar-refractivity contribution >= 4 is 18.3 Å². The standard InChI is InChI=1S/C20H22FN3O4.CH2O2/c21-15-8-14(11-22-12-15)20(27)24-17-9-13(10-18(17)25)19(26)23-6-7-28-16-4-2-1-3-5-16;2-1-3/h1-5,8,11-13,17-18,25H,6-7,9-10H2,(H,23,26)(H,24,27);1H,(H,2,3)/t13-,17-,18-;/m0./s1. The van der Waals surface area contributed by atoms with Gasteiger partial charge in [0.1, 0.15) is 18.2 Å². The SMILES string of the molecule is O=C(N[C@H]1C[C@H](C(=O)NCCOc2ccccc2)C[C@@H]1O)c1cncc(F)c1.O=CO. The van der Waals surface area contributed by atoms with E-state index in [-0.39, 0.29) is 24.4 Å². The number of para-hydroxylation sites is 1. The van der Waals surface area contributed by atoms with Crippen LogP contribution in [0.1, 0.15) is 23.2 Å². The molecule has 10 heteroatoms. The Balaban J connectivity index is 0.00000107. The van der Waals surface area contributed by atoms with Crippen LogP contribution in [0.25, 0.3) is 0 Å². The number of hydrogen-bond acceptors (Lipinski definition) is 6. The average Bonchev–Trinajstić information content (AvgIpc) is 3.13. The number of carbonyl (C=O) groups excluding carboxylic acids is 2. The van der Waals surface area contributed by atoms with E-state index in [1.54, 1.807) is 0 Å². The Morgan fingerprint density at radius 2 is 1.94 bits per heavy atom. The molecule has 1 aromatic carbocycles. The predicted octanol–water partition coefficient (Wildman–Crippen LogP) is 0.986. The van der Waals surface area contributed by atoms with E-state index < -0.39 is 29.8 Å². The fourth-order valence-electron chi connectivity index (χ4n) is 3.18. The third kappa shape index (κ3) is 7.67. The van der Waals surface area contributed by atoms with E-state index in [2.05, 4.69) is 15.6 Å². The van der Waals surface area contributed by atoms with Gasteiger partial charge in [-0.25, -0.2) is 4.39 Å². The molecule has 1 aliphatic carbocycles. The van der Waals surface area contributed by atoms with Crippen molar-refractivity contribution < 1.29 is 33.7 Å². The minimum atomic E-state index is -0.846. The normalized spacial score (nSPS) is 19.5. The second kappa shape index (κ2) is 12.2. The Morgan fingerprint density at radius 1 is 1.23 bits per heavy atom. The van der Waals surface area contributed by atoms with Crippen molar-refractivity contribution in [2.24, 2.45) is 5.92 Å². The van der Waals surface area contributed by atoms with E-state index in [0.29, 0.717) is 19.6 Å². The molecule has 1 heterocycles. The van der Waals surface area contributed by atoms with Crippen molar-refractivity contribution in [3.8, 4) is 5.75 Å². The molecule has 3 atom stereocenters. The molecule has 1 fully saturated rings. The van der Waals surface area contributed by atoms with Gasteiger partial charge in [0.25, 0.3) is 12.4 Å². The molecule has 3 rings (SSSR count). The van der Waals surface area contributed by atoms with Crippen LogP contribution >= 0.6 is 0 Å². The van der Waals surface area contributed by atoms with Crippen molar-refractivity contribution in [2.75, 3.05) is 13.2 Å². The van der Waals surface area contributed by atoms with Crippen molar-refractivity contribution in [2.45, 2.75) is 25.0 Å². The first kappa shape index (κ1) is 23.7. The minimum Gasteiger partial charge on any atom is -0.492 e. The molecule has 0 bridgehead atoms. The monoisotopic (exact) mass is 433 g/mol. The van der Waals surface area contributed by atoms with Gasteiger partial charge in [0.2, 0.25) is 5.91 Å². The average molecular weight is 433 g/mol. The van der Waals surface area contributed by atoms with Gasteiger partial charge < -0.3 is 25.6 Å². The smallest absolute Gasteiger partial charge is 0.290 e. The number of benzene rings is 1. The second-order valence-electron chi connectivity index (χ2n) is 6.77. The molecule has 1 aromatic heterocycles. The van der Waals surface area contributed by atoms with Crippen molar-refractivity contribution in [1.29, 1.82) is 0 Å². The van der Waals surface area contributed by atoms with Crippen LogP contribution in [-0.2, 0) is 9.59 Å². The van der Waals surface area contributed by atoms with Crippen LogP contribution in [0.3, 0.4) is 0 Å². The molecule has 2 aromatic rings. The lowest BCUT2D eigenvalue weighted by Crippen LogP contribution is -2.40. The molecule has 1 saturated carbocycles. The second-order valence-corrected chi connectivity index (χ2v) is 6.77. The van der Waals surface area contributed by atoms with Gasteiger partial charge >= 0.3 is 0 Å². The first-order valence-corrected chi connectivity index (χ1v) is 9.57. The van der Waals surface area contributed by atoms with Gasteiger partial charge in [-0.15, -0.1) is 0 Å². The van der Waals surface area contributed by atoms with Crippen LogP contribution in [0.4, 0.5) is 4.39 Å². The summed E-state index contributed by atoms with van der Waals surface area (Å²) in [5.41, 5.74) is 0.0677. The van der Waals surface area contributed by atoms with Gasteiger partial charge in [-0.2, -0.15) is 0 Å². The van der Waals surface area contributed by atoms with Crippen LogP contribution < -0.4 is 15.4 Å². The maximum Gasteiger partial charge on any atom is 0.290 e. The summed E-state index contributed by atoms with van der Waals surface area (Å²) in [7, 11) is 0. The van der Waals surface area contributed by atoms with E-state index in [1.165, 1.54) is 6.20 Å². The molecule has 2 amide bonds. The fourth-order valence-corrected chi connectivity index (χ4v) is 3.18. The first-order valence-electron chi connectivity index (χ1n) is 9.57. The summed E-state index contributed by atoms with van der Waals surface area (Å²) >= 11 is 0. The lowest BCUT2D eigenvalue weighted by Gasteiger charge is -2.16. The predicted molar refractivity (Wildman–Crippen MR) is 108 cm³/mol. The summed E-state index contributed by atoms with van der Waals surface area (Å²) in [4.78, 5) is 36.5. The van der Waals surface area contributed by atoms with Crippen LogP contribution in [0.15, 0.2) is 48.8 Å². The lowest BCUT2D eigenvalue weighted by atomic mass is 10.1. The highest BCUT2D eigenvalue weighted by atomic mass is 19.1. The van der Waals surface area contributed by atoms with E-state index in [0.717, 1.165) is 18.0 Å². The quantitative estimate of drug-likeness (QED) is 0.377. The molecule has 0 unspecified atom stereocenters. The van der Waals surface area contributed by atoms with Crippen LogP contribution in [0, 0.1) is 11.7 Å². The maximum atomic E-state index is 13.2. The molecular weight excluding hydrogens is 409 g/mol. The number of rotatable bonds is 7. The van der Waals surface area contributed by atoms with Crippen LogP contribution in [-0.4, -0.2) is 58.8 Å². The van der Waals surface area contributed by atoms with E-state index in [9.17, 15) is 19.1 Å². The van der Waals surface area contributed by atoms with Crippen molar-refractivity contribution in [1.82, 2.24) is 15.6 Å². The van der Waals surface area contributed by atoms with Gasteiger partial charge in [0.15, 0.2) is 0 Å². The molecule has 4 N–H and O–H groups in total. The number of pyridine rings is 1. The summed E-state index contributed by atoms with van der Waals surface area (Å²) in [6.45, 7) is 0.421. The van der Waals surface area contributed by atoms with Gasteiger partial charge in [-0.1, -0.05) is 18.2 Å². The Kier molecular flexibility index (Phi) is 9.37. The Bertz CT molecular complexity index is 867. The number of nitrogens with zero attached hydrogens (tertiary/aromatic N) is 1. The Hall–Kier alpha value is -3.53. The summed E-state index contributed by atoms with van der Waals surface area (Å²) < 4.78 is 18.7. The zero-order chi connectivity index (χ0) is 22.6. The fraction of sp³-hybridized carbons (Fsp3) is 0.333. The number of ether oxygens (including phenoxy) is 1. The summed E-state index contributed by atoms with van der Waals surface area (Å²) in [6, 6.07) is 9.77. The Labute approximate surface area is 178 Å². The van der Waals surface area contributed by atoms with E-state index in [1.807, 2.05) is 30.3 Å². The van der Waals surface area contributed by atoms with Crippen molar-refractivity contribution in [3.63, 3.8) is 0 Å². The number of carbonyl (C=O) groups is 3. The van der Waals surface area contributed by atoms with Crippen LogP contribution in [0.5, 0.6) is 5.75 Å². The number of hydrogen-bond donors (Lipinski definition) is 4. The third-order valence-electron chi connectivity index (χ3n) is 4.60. The summed E-state index contributed by atoms with van der Waals surface area (Å²) in [5.74, 6) is -1.03. The number of nitrogens with one attached hydrogen (secondary N) is 2. The maximum absolute atomic E-state index is 13.2. The highest BCUT2D eigenvalue weighted by Gasteiger charge is 2.37. The molecule has 0 spiro atoms. The van der Waals surface area contributed by atoms with Gasteiger partial charge in [-0.3, -0.25) is 19.4 Å². The number of aliphatic hydroxyl groups is 1. The molecular formula is C21H24FN3O6. The number of amides is 2. The van der Waals surface area contributed by atoms with Gasteiger partial charge in [-0.05, 0) is 31.0 Å². The molecule has 0 radical (unpaired) electrons. The lowest BCUT2D eigenvalue weighted by molar-refractivity contribution is -0.125. The summed E-state index contributed by atoms with van der Waals surface area (Å²) in [5, 5.41) is 22.5. The zero-order valence-electron chi connectivity index (χ0n) is 16.6. The summed E-state index contributed by atoms with van der Waals surface area (Å²) in [6.07, 6.45) is 1.96. The molecule has 0 aliphatic heterocycles. The highest BCUT2D eigenvalue weighted by molar-refractivity contribution is 5.94. The number of aromatic nitrogens is 1. The molecule has 0 saturated heterocycles. The van der Waals surface area contributed by atoms with Crippen LogP contribution in [0.2, 0.25) is 0 Å². The van der Waals surface area contributed by atoms with Gasteiger partial charge in [0.05, 0.1) is 30.5 Å². The first-order chi connectivity index (χ1) is 14.9.